The van der Waals surface area contributed by atoms with Gasteiger partial charge in [0.25, 0.3) is 0 Å². The zero-order valence-electron chi connectivity index (χ0n) is 17.0. The summed E-state index contributed by atoms with van der Waals surface area (Å²) in [6.07, 6.45) is 0.778. The molecule has 0 aliphatic carbocycles. The predicted molar refractivity (Wildman–Crippen MR) is 113 cm³/mol. The lowest BCUT2D eigenvalue weighted by Crippen LogP contribution is -2.49. The van der Waals surface area contributed by atoms with Crippen LogP contribution in [0.15, 0.2) is 48.5 Å². The number of hydrogen-bond acceptors (Lipinski definition) is 4. The molecule has 0 radical (unpaired) electrons. The standard InChI is InChI=1S/C23H31N3O2/c1-19-7-3-4-9-21(19)17-25-13-15-26(16-14-25)18-23(27)24-12-11-20-8-5-6-10-22(20)28-2/h3-10H,11-18H2,1-2H3,(H,24,27). The highest BCUT2D eigenvalue weighted by Crippen LogP contribution is 2.17. The van der Waals surface area contributed by atoms with Gasteiger partial charge in [-0.25, -0.2) is 0 Å². The average Bonchev–Trinajstić information content (AvgIpc) is 2.71. The Morgan fingerprint density at radius 3 is 2.32 bits per heavy atom. The van der Waals surface area contributed by atoms with Gasteiger partial charge in [0.2, 0.25) is 5.91 Å². The van der Waals surface area contributed by atoms with Crippen molar-refractivity contribution in [3.63, 3.8) is 0 Å². The Kier molecular flexibility index (Phi) is 7.46. The minimum Gasteiger partial charge on any atom is -0.496 e. The lowest BCUT2D eigenvalue weighted by molar-refractivity contribution is -0.122. The van der Waals surface area contributed by atoms with Crippen LogP contribution in [0.2, 0.25) is 0 Å². The minimum absolute atomic E-state index is 0.0993. The third kappa shape index (κ3) is 5.81. The molecule has 1 amide bonds. The van der Waals surface area contributed by atoms with Gasteiger partial charge < -0.3 is 10.1 Å². The Bertz CT molecular complexity index is 770. The fourth-order valence-corrected chi connectivity index (χ4v) is 3.64. The Balaban J connectivity index is 1.36. The molecule has 0 spiro atoms. The highest BCUT2D eigenvalue weighted by atomic mass is 16.5. The molecule has 150 valence electrons. The molecule has 28 heavy (non-hydrogen) atoms. The van der Waals surface area contributed by atoms with Gasteiger partial charge in [0, 0.05) is 39.3 Å². The van der Waals surface area contributed by atoms with E-state index in [1.165, 1.54) is 11.1 Å². The Hall–Kier alpha value is -2.37. The van der Waals surface area contributed by atoms with Crippen LogP contribution in [0.4, 0.5) is 0 Å². The van der Waals surface area contributed by atoms with Crippen LogP contribution < -0.4 is 10.1 Å². The van der Waals surface area contributed by atoms with E-state index >= 15 is 0 Å². The molecule has 0 atom stereocenters. The molecule has 2 aromatic carbocycles. The SMILES string of the molecule is COc1ccccc1CCNC(=O)CN1CCN(Cc2ccccc2C)CC1. The molecule has 0 saturated carbocycles. The van der Waals surface area contributed by atoms with Gasteiger partial charge in [-0.15, -0.1) is 0 Å². The van der Waals surface area contributed by atoms with Gasteiger partial charge in [0.05, 0.1) is 13.7 Å². The number of aryl methyl sites for hydroxylation is 1. The molecule has 3 rings (SSSR count). The van der Waals surface area contributed by atoms with Crippen LogP contribution in [0.3, 0.4) is 0 Å². The number of carbonyl (C=O) groups is 1. The molecular formula is C23H31N3O2. The van der Waals surface area contributed by atoms with E-state index < -0.39 is 0 Å². The van der Waals surface area contributed by atoms with Crippen LogP contribution in [0.25, 0.3) is 0 Å². The largest absolute Gasteiger partial charge is 0.496 e. The van der Waals surface area contributed by atoms with Crippen LogP contribution >= 0.6 is 0 Å². The van der Waals surface area contributed by atoms with Crippen molar-refractivity contribution in [2.45, 2.75) is 19.9 Å². The average molecular weight is 382 g/mol. The number of para-hydroxylation sites is 1. The Morgan fingerprint density at radius 2 is 1.61 bits per heavy atom. The van der Waals surface area contributed by atoms with Gasteiger partial charge in [0.15, 0.2) is 0 Å². The number of ether oxygens (including phenoxy) is 1. The maximum atomic E-state index is 12.3. The number of amides is 1. The van der Waals surface area contributed by atoms with Crippen molar-refractivity contribution in [1.29, 1.82) is 0 Å². The fourth-order valence-electron chi connectivity index (χ4n) is 3.64. The summed E-state index contributed by atoms with van der Waals surface area (Å²) >= 11 is 0. The van der Waals surface area contributed by atoms with Gasteiger partial charge in [-0.1, -0.05) is 42.5 Å². The van der Waals surface area contributed by atoms with Crippen molar-refractivity contribution < 1.29 is 9.53 Å². The summed E-state index contributed by atoms with van der Waals surface area (Å²) in [7, 11) is 1.68. The summed E-state index contributed by atoms with van der Waals surface area (Å²) in [4.78, 5) is 17.0. The number of nitrogens with one attached hydrogen (secondary N) is 1. The molecule has 1 aliphatic heterocycles. The number of piperazine rings is 1. The number of methoxy groups -OCH3 is 1. The summed E-state index contributed by atoms with van der Waals surface area (Å²) in [6.45, 7) is 8.15. The first kappa shape index (κ1) is 20.4. The molecule has 1 aliphatic rings. The van der Waals surface area contributed by atoms with Crippen LogP contribution in [-0.4, -0.2) is 62.1 Å². The second-order valence-corrected chi connectivity index (χ2v) is 7.39. The lowest BCUT2D eigenvalue weighted by Gasteiger charge is -2.34. The third-order valence-corrected chi connectivity index (χ3v) is 5.40. The topological polar surface area (TPSA) is 44.8 Å². The van der Waals surface area contributed by atoms with Crippen LogP contribution in [-0.2, 0) is 17.8 Å². The van der Waals surface area contributed by atoms with Crippen LogP contribution in [0, 0.1) is 6.92 Å². The van der Waals surface area contributed by atoms with Gasteiger partial charge >= 0.3 is 0 Å². The van der Waals surface area contributed by atoms with E-state index in [2.05, 4.69) is 46.3 Å². The summed E-state index contributed by atoms with van der Waals surface area (Å²) in [5.41, 5.74) is 3.86. The molecule has 1 saturated heterocycles. The van der Waals surface area contributed by atoms with Crippen molar-refractivity contribution in [3.05, 3.63) is 65.2 Å². The quantitative estimate of drug-likeness (QED) is 0.763. The summed E-state index contributed by atoms with van der Waals surface area (Å²) in [6, 6.07) is 16.5. The van der Waals surface area contributed by atoms with Crippen molar-refractivity contribution in [2.75, 3.05) is 46.4 Å². The summed E-state index contributed by atoms with van der Waals surface area (Å²) in [5.74, 6) is 0.976. The van der Waals surface area contributed by atoms with Crippen molar-refractivity contribution in [3.8, 4) is 5.75 Å². The highest BCUT2D eigenvalue weighted by molar-refractivity contribution is 5.78. The van der Waals surface area contributed by atoms with Gasteiger partial charge in [-0.05, 0) is 36.1 Å². The van der Waals surface area contributed by atoms with Crippen LogP contribution in [0.5, 0.6) is 5.75 Å². The Labute approximate surface area is 168 Å². The molecule has 1 fully saturated rings. The van der Waals surface area contributed by atoms with Crippen molar-refractivity contribution in [1.82, 2.24) is 15.1 Å². The molecule has 0 bridgehead atoms. The predicted octanol–water partition coefficient (Wildman–Crippen LogP) is 2.48. The molecule has 1 N–H and O–H groups in total. The highest BCUT2D eigenvalue weighted by Gasteiger charge is 2.19. The van der Waals surface area contributed by atoms with Gasteiger partial charge in [-0.3, -0.25) is 14.6 Å². The maximum absolute atomic E-state index is 12.3. The first-order valence-corrected chi connectivity index (χ1v) is 10.0. The molecule has 2 aromatic rings. The summed E-state index contributed by atoms with van der Waals surface area (Å²) < 4.78 is 5.36. The molecule has 1 heterocycles. The van der Waals surface area contributed by atoms with E-state index in [4.69, 9.17) is 4.74 Å². The maximum Gasteiger partial charge on any atom is 0.234 e. The molecular weight excluding hydrogens is 350 g/mol. The zero-order chi connectivity index (χ0) is 19.8. The van der Waals surface area contributed by atoms with Crippen molar-refractivity contribution >= 4 is 5.91 Å². The fraction of sp³-hybridized carbons (Fsp3) is 0.435. The monoisotopic (exact) mass is 381 g/mol. The second-order valence-electron chi connectivity index (χ2n) is 7.39. The Morgan fingerprint density at radius 1 is 0.964 bits per heavy atom. The minimum atomic E-state index is 0.0993. The van der Waals surface area contributed by atoms with E-state index in [0.29, 0.717) is 13.1 Å². The number of nitrogens with zero attached hydrogens (tertiary/aromatic N) is 2. The molecule has 0 unspecified atom stereocenters. The second kappa shape index (κ2) is 10.2. The molecule has 0 aromatic heterocycles. The summed E-state index contributed by atoms with van der Waals surface area (Å²) in [5, 5.41) is 3.04. The normalized spacial score (nSPS) is 15.4. The first-order chi connectivity index (χ1) is 13.7. The van der Waals surface area contributed by atoms with Crippen molar-refractivity contribution in [2.24, 2.45) is 0 Å². The van der Waals surface area contributed by atoms with Crippen LogP contribution in [0.1, 0.15) is 16.7 Å². The van der Waals surface area contributed by atoms with E-state index in [9.17, 15) is 4.79 Å². The number of rotatable bonds is 8. The smallest absolute Gasteiger partial charge is 0.234 e. The van der Waals surface area contributed by atoms with E-state index in [1.54, 1.807) is 7.11 Å². The number of carbonyl (C=O) groups excluding carboxylic acids is 1. The molecule has 5 heteroatoms. The van der Waals surface area contributed by atoms with Gasteiger partial charge in [-0.2, -0.15) is 0 Å². The lowest BCUT2D eigenvalue weighted by atomic mass is 10.1. The van der Waals surface area contributed by atoms with E-state index in [0.717, 1.165) is 50.5 Å². The zero-order valence-corrected chi connectivity index (χ0v) is 17.0. The first-order valence-electron chi connectivity index (χ1n) is 10.0. The van der Waals surface area contributed by atoms with Gasteiger partial charge in [0.1, 0.15) is 5.75 Å². The number of benzene rings is 2. The van der Waals surface area contributed by atoms with E-state index in [-0.39, 0.29) is 5.91 Å². The molecule has 5 nitrogen and oxygen atoms in total. The number of hydrogen-bond donors (Lipinski definition) is 1. The third-order valence-electron chi connectivity index (χ3n) is 5.40. The van der Waals surface area contributed by atoms with E-state index in [1.807, 2.05) is 24.3 Å².